The summed E-state index contributed by atoms with van der Waals surface area (Å²) in [5, 5.41) is 13.5. The molecule has 0 aliphatic rings. The molecule has 5 heterocycles. The van der Waals surface area contributed by atoms with Gasteiger partial charge in [0.1, 0.15) is 0 Å². The highest BCUT2D eigenvalue weighted by Gasteiger charge is 2.23. The van der Waals surface area contributed by atoms with Crippen molar-refractivity contribution < 1.29 is 0 Å². The highest BCUT2D eigenvalue weighted by Crippen LogP contribution is 2.47. The number of benzene rings is 8. The zero-order chi connectivity index (χ0) is 35.8. The summed E-state index contributed by atoms with van der Waals surface area (Å²) in [6.45, 7) is 0. The lowest BCUT2D eigenvalue weighted by Crippen LogP contribution is -2.03. The van der Waals surface area contributed by atoms with Crippen LogP contribution in [0.2, 0.25) is 0 Å². The summed E-state index contributed by atoms with van der Waals surface area (Å²) in [4.78, 5) is 10.6. The summed E-state index contributed by atoms with van der Waals surface area (Å²) in [5.74, 6) is 0.666. The van der Waals surface area contributed by atoms with Crippen LogP contribution in [0.25, 0.3) is 119 Å². The Kier molecular flexibility index (Phi) is 5.74. The van der Waals surface area contributed by atoms with E-state index in [0.717, 1.165) is 33.2 Å². The van der Waals surface area contributed by atoms with E-state index < -0.39 is 0 Å². The molecule has 8 aromatic carbocycles. The normalized spacial score (nSPS) is 12.4. The molecule has 0 N–H and O–H groups in total. The van der Waals surface area contributed by atoms with Gasteiger partial charge in [-0.15, -0.1) is 11.3 Å². The van der Waals surface area contributed by atoms with Crippen molar-refractivity contribution in [1.82, 2.24) is 18.9 Å². The van der Waals surface area contributed by atoms with Gasteiger partial charge < -0.3 is 4.40 Å². The van der Waals surface area contributed by atoms with Crippen LogP contribution in [0.1, 0.15) is 0 Å². The second-order valence-corrected chi connectivity index (χ2v) is 15.6. The molecule has 254 valence electrons. The highest BCUT2D eigenvalue weighted by atomic mass is 32.1. The minimum absolute atomic E-state index is 0.666. The number of para-hydroxylation sites is 3. The first-order valence-corrected chi connectivity index (χ1v) is 19.5. The monoisotopic (exact) mass is 716 g/mol. The number of thiophene rings is 1. The van der Waals surface area contributed by atoms with Gasteiger partial charge in [-0.3, -0.25) is 4.57 Å². The first-order chi connectivity index (χ1) is 27.3. The van der Waals surface area contributed by atoms with E-state index in [2.05, 4.69) is 179 Å². The summed E-state index contributed by atoms with van der Waals surface area (Å²) in [6, 6.07) is 61.7. The lowest BCUT2D eigenvalue weighted by molar-refractivity contribution is 1.01. The Bertz CT molecular complexity index is 3780. The Hall–Kier alpha value is -7.08. The maximum Gasteiger partial charge on any atom is 0.235 e. The van der Waals surface area contributed by atoms with Crippen LogP contribution in [0.3, 0.4) is 0 Å². The van der Waals surface area contributed by atoms with Crippen LogP contribution in [0.15, 0.2) is 170 Å². The molecule has 0 unspecified atom stereocenters. The molecule has 5 heteroatoms. The van der Waals surface area contributed by atoms with Gasteiger partial charge in [-0.25, -0.2) is 9.97 Å². The molecule has 13 rings (SSSR count). The average Bonchev–Trinajstić information content (AvgIpc) is 3.90. The molecule has 4 nitrogen and oxygen atoms in total. The zero-order valence-corrected chi connectivity index (χ0v) is 30.2. The first kappa shape index (κ1) is 29.4. The third kappa shape index (κ3) is 3.89. The van der Waals surface area contributed by atoms with Crippen LogP contribution in [0.4, 0.5) is 0 Å². The van der Waals surface area contributed by atoms with E-state index in [1.807, 2.05) is 11.3 Å². The van der Waals surface area contributed by atoms with Crippen LogP contribution >= 0.6 is 11.3 Å². The topological polar surface area (TPSA) is 35.1 Å². The van der Waals surface area contributed by atoms with Crippen LogP contribution in [0.5, 0.6) is 0 Å². The number of fused-ring (bicyclic) bond motifs is 12. The lowest BCUT2D eigenvalue weighted by atomic mass is 10.0. The summed E-state index contributed by atoms with van der Waals surface area (Å²) in [6.07, 6.45) is 0. The van der Waals surface area contributed by atoms with Crippen molar-refractivity contribution in [3.63, 3.8) is 0 Å². The first-order valence-electron chi connectivity index (χ1n) is 18.7. The van der Waals surface area contributed by atoms with Gasteiger partial charge in [0.05, 0.1) is 38.8 Å². The van der Waals surface area contributed by atoms with Crippen LogP contribution in [-0.2, 0) is 0 Å². The third-order valence-corrected chi connectivity index (χ3v) is 12.8. The molecule has 0 amide bonds. The molecule has 0 aliphatic heterocycles. The van der Waals surface area contributed by atoms with Crippen molar-refractivity contribution in [3.05, 3.63) is 170 Å². The van der Waals surface area contributed by atoms with Crippen molar-refractivity contribution in [2.24, 2.45) is 0 Å². The van der Waals surface area contributed by atoms with E-state index >= 15 is 0 Å². The van der Waals surface area contributed by atoms with Gasteiger partial charge in [0, 0.05) is 58.1 Å². The number of hydrogen-bond acceptors (Lipinski definition) is 3. The molecule has 0 bridgehead atoms. The van der Waals surface area contributed by atoms with Crippen molar-refractivity contribution in [1.29, 1.82) is 0 Å². The Morgan fingerprint density at radius 1 is 0.382 bits per heavy atom. The maximum absolute atomic E-state index is 5.38. The Morgan fingerprint density at radius 2 is 1.00 bits per heavy atom. The molecule has 0 saturated carbocycles. The number of nitrogens with zero attached hydrogens (tertiary/aromatic N) is 4. The van der Waals surface area contributed by atoms with Crippen molar-refractivity contribution in [2.75, 3.05) is 0 Å². The molecule has 0 radical (unpaired) electrons. The van der Waals surface area contributed by atoms with Gasteiger partial charge in [0.15, 0.2) is 0 Å². The lowest BCUT2D eigenvalue weighted by Gasteiger charge is -2.11. The fourth-order valence-electron chi connectivity index (χ4n) is 9.39. The summed E-state index contributed by atoms with van der Waals surface area (Å²) >= 11 is 1.89. The number of aromatic nitrogens is 4. The Labute approximate surface area is 317 Å². The highest BCUT2D eigenvalue weighted by molar-refractivity contribution is 7.26. The SMILES string of the molecule is c1ccc(-c2nc(-n3c4ccccc4c4cc5c(cc43)c3ccc4sc6cccc7c8ccccc8c8ccccc8n5c3c4c67)nc3ccccc23)cc1. The van der Waals surface area contributed by atoms with Crippen LogP contribution < -0.4 is 0 Å². The van der Waals surface area contributed by atoms with E-state index in [1.165, 1.54) is 79.8 Å². The Balaban J connectivity index is 1.26. The van der Waals surface area contributed by atoms with Crippen molar-refractivity contribution >= 4 is 113 Å². The van der Waals surface area contributed by atoms with Crippen LogP contribution in [-0.4, -0.2) is 18.9 Å². The van der Waals surface area contributed by atoms with E-state index in [1.54, 1.807) is 0 Å². The molecular formula is C50H28N4S. The predicted molar refractivity (Wildman–Crippen MR) is 233 cm³/mol. The zero-order valence-electron chi connectivity index (χ0n) is 29.4. The van der Waals surface area contributed by atoms with Gasteiger partial charge >= 0.3 is 0 Å². The van der Waals surface area contributed by atoms with Gasteiger partial charge in [-0.05, 0) is 58.6 Å². The second-order valence-electron chi connectivity index (χ2n) is 14.5. The molecule has 5 aromatic heterocycles. The van der Waals surface area contributed by atoms with Crippen molar-refractivity contribution in [2.45, 2.75) is 0 Å². The summed E-state index contributed by atoms with van der Waals surface area (Å²) < 4.78 is 7.44. The molecule has 55 heavy (non-hydrogen) atoms. The summed E-state index contributed by atoms with van der Waals surface area (Å²) in [5.41, 5.74) is 8.71. The third-order valence-electron chi connectivity index (χ3n) is 11.7. The largest absolute Gasteiger partial charge is 0.308 e. The molecule has 0 spiro atoms. The molecule has 0 saturated heterocycles. The minimum atomic E-state index is 0.666. The van der Waals surface area contributed by atoms with Crippen LogP contribution in [0, 0.1) is 0 Å². The van der Waals surface area contributed by atoms with Gasteiger partial charge in [-0.1, -0.05) is 127 Å². The maximum atomic E-state index is 5.38. The minimum Gasteiger partial charge on any atom is -0.308 e. The Morgan fingerprint density at radius 3 is 1.84 bits per heavy atom. The molecule has 13 aromatic rings. The predicted octanol–water partition coefficient (Wildman–Crippen LogP) is 13.6. The second kappa shape index (κ2) is 10.8. The van der Waals surface area contributed by atoms with Gasteiger partial charge in [0.2, 0.25) is 5.95 Å². The average molecular weight is 717 g/mol. The molecule has 0 aliphatic carbocycles. The van der Waals surface area contributed by atoms with E-state index in [9.17, 15) is 0 Å². The molecule has 0 atom stereocenters. The van der Waals surface area contributed by atoms with E-state index in [4.69, 9.17) is 9.97 Å². The molecular weight excluding hydrogens is 689 g/mol. The van der Waals surface area contributed by atoms with Gasteiger partial charge in [-0.2, -0.15) is 0 Å². The van der Waals surface area contributed by atoms with Crippen molar-refractivity contribution in [3.8, 4) is 17.2 Å². The van der Waals surface area contributed by atoms with E-state index in [0.29, 0.717) is 5.95 Å². The number of rotatable bonds is 2. The fraction of sp³-hybridized carbons (Fsp3) is 0. The smallest absolute Gasteiger partial charge is 0.235 e. The van der Waals surface area contributed by atoms with Gasteiger partial charge in [0.25, 0.3) is 0 Å². The number of hydrogen-bond donors (Lipinski definition) is 0. The summed E-state index contributed by atoms with van der Waals surface area (Å²) in [7, 11) is 0. The standard InChI is InChI=1S/C50H28N4S/c1-2-13-29(14-3-1)48-36-19-6-9-21-39(36)51-50(52-48)54-41-23-11-8-18-33(41)37-27-42-38(28-43(37)54)35-25-26-45-47-46-34(20-12-24-44(46)55-45)31-16-5-4-15-30(31)32-17-7-10-22-40(32)53(42)49(35)47/h1-28H. The fourth-order valence-corrected chi connectivity index (χ4v) is 10.5. The van der Waals surface area contributed by atoms with E-state index in [-0.39, 0.29) is 0 Å². The quantitative estimate of drug-likeness (QED) is 0.179. The molecule has 0 fully saturated rings.